The molecule has 2 aliphatic heterocycles. The van der Waals surface area contributed by atoms with Gasteiger partial charge >= 0.3 is 0 Å². The molecule has 2 aliphatic rings. The zero-order valence-electron chi connectivity index (χ0n) is 15.3. The van der Waals surface area contributed by atoms with Crippen LogP contribution in [0.1, 0.15) is 39.0 Å². The molecule has 1 aromatic heterocycles. The van der Waals surface area contributed by atoms with Crippen LogP contribution in [0.3, 0.4) is 0 Å². The van der Waals surface area contributed by atoms with Gasteiger partial charge in [-0.1, -0.05) is 0 Å². The van der Waals surface area contributed by atoms with Gasteiger partial charge in [0.05, 0.1) is 18.5 Å². The van der Waals surface area contributed by atoms with Crippen molar-refractivity contribution in [2.45, 2.75) is 62.8 Å². The highest BCUT2D eigenvalue weighted by Gasteiger charge is 2.48. The van der Waals surface area contributed by atoms with E-state index in [1.54, 1.807) is 12.5 Å². The van der Waals surface area contributed by atoms with E-state index in [4.69, 9.17) is 4.74 Å². The number of nitrogens with zero attached hydrogens (tertiary/aromatic N) is 3. The lowest BCUT2D eigenvalue weighted by molar-refractivity contribution is -0.192. The molecule has 2 fully saturated rings. The number of carbonyl (C=O) groups excluding carboxylic acids is 1. The summed E-state index contributed by atoms with van der Waals surface area (Å²) in [5.74, 6) is 0.225. The summed E-state index contributed by atoms with van der Waals surface area (Å²) in [5, 5.41) is 13.6. The zero-order chi connectivity index (χ0) is 17.9. The standard InChI is InChI=1S/C18H30N4O3/c1-17(24)13-25-18(12-15(17)19-2)5-9-22(10-6-18)16(23)4-3-8-21-11-7-20-14-21/h7,11,14-15,19,24H,3-6,8-10,12-13H2,1-2H3/t15-,17-/m0/s1. The van der Waals surface area contributed by atoms with Gasteiger partial charge in [0.25, 0.3) is 0 Å². The molecule has 2 N–H and O–H groups in total. The fourth-order valence-electron chi connectivity index (χ4n) is 3.97. The van der Waals surface area contributed by atoms with Crippen molar-refractivity contribution in [2.24, 2.45) is 0 Å². The molecule has 7 nitrogen and oxygen atoms in total. The van der Waals surface area contributed by atoms with Crippen molar-refractivity contribution in [3.63, 3.8) is 0 Å². The minimum atomic E-state index is -0.833. The molecular formula is C18H30N4O3. The van der Waals surface area contributed by atoms with Crippen molar-refractivity contribution < 1.29 is 14.6 Å². The smallest absolute Gasteiger partial charge is 0.222 e. The van der Waals surface area contributed by atoms with Gasteiger partial charge < -0.3 is 24.6 Å². The predicted molar refractivity (Wildman–Crippen MR) is 94.0 cm³/mol. The van der Waals surface area contributed by atoms with Crippen LogP contribution in [-0.2, 0) is 16.1 Å². The number of likely N-dealkylation sites (N-methyl/N-ethyl adjacent to an activating group) is 1. The van der Waals surface area contributed by atoms with Crippen LogP contribution in [0.15, 0.2) is 18.7 Å². The largest absolute Gasteiger partial charge is 0.386 e. The second-order valence-electron chi connectivity index (χ2n) is 7.66. The van der Waals surface area contributed by atoms with Crippen LogP contribution in [-0.4, -0.2) is 69.5 Å². The quantitative estimate of drug-likeness (QED) is 0.821. The summed E-state index contributed by atoms with van der Waals surface area (Å²) in [4.78, 5) is 18.4. The van der Waals surface area contributed by atoms with E-state index in [1.807, 2.05) is 29.6 Å². The fourth-order valence-corrected chi connectivity index (χ4v) is 3.97. The topological polar surface area (TPSA) is 79.6 Å². The van der Waals surface area contributed by atoms with Gasteiger partial charge in [0, 0.05) is 44.5 Å². The Hall–Kier alpha value is -1.44. The first-order valence-corrected chi connectivity index (χ1v) is 9.21. The molecule has 0 radical (unpaired) electrons. The van der Waals surface area contributed by atoms with Crippen molar-refractivity contribution in [3.05, 3.63) is 18.7 Å². The zero-order valence-corrected chi connectivity index (χ0v) is 15.3. The average molecular weight is 350 g/mol. The number of amides is 1. The summed E-state index contributed by atoms with van der Waals surface area (Å²) in [7, 11) is 1.89. The summed E-state index contributed by atoms with van der Waals surface area (Å²) in [6.07, 6.45) is 9.33. The maximum Gasteiger partial charge on any atom is 0.222 e. The Balaban J connectivity index is 1.45. The van der Waals surface area contributed by atoms with E-state index in [9.17, 15) is 9.90 Å². The van der Waals surface area contributed by atoms with Crippen molar-refractivity contribution in [2.75, 3.05) is 26.7 Å². The van der Waals surface area contributed by atoms with Gasteiger partial charge in [-0.25, -0.2) is 4.98 Å². The third-order valence-corrected chi connectivity index (χ3v) is 5.74. The second kappa shape index (κ2) is 7.43. The molecule has 140 valence electrons. The Morgan fingerprint density at radius 3 is 2.84 bits per heavy atom. The Labute approximate surface area is 149 Å². The number of imidazole rings is 1. The Morgan fingerprint density at radius 2 is 2.20 bits per heavy atom. The second-order valence-corrected chi connectivity index (χ2v) is 7.66. The van der Waals surface area contributed by atoms with Gasteiger partial charge in [-0.05, 0) is 39.7 Å². The van der Waals surface area contributed by atoms with Crippen LogP contribution >= 0.6 is 0 Å². The number of hydrogen-bond donors (Lipinski definition) is 2. The van der Waals surface area contributed by atoms with Gasteiger partial charge in [-0.15, -0.1) is 0 Å². The molecule has 3 rings (SSSR count). The molecule has 1 aromatic rings. The number of ether oxygens (including phenoxy) is 1. The van der Waals surface area contributed by atoms with Crippen molar-refractivity contribution >= 4 is 5.91 Å². The molecule has 0 aliphatic carbocycles. The first-order chi connectivity index (χ1) is 11.9. The summed E-state index contributed by atoms with van der Waals surface area (Å²) >= 11 is 0. The van der Waals surface area contributed by atoms with E-state index in [1.165, 1.54) is 0 Å². The van der Waals surface area contributed by atoms with E-state index in [0.29, 0.717) is 13.0 Å². The molecule has 1 amide bonds. The highest BCUT2D eigenvalue weighted by Crippen LogP contribution is 2.38. The van der Waals surface area contributed by atoms with Crippen LogP contribution in [0.25, 0.3) is 0 Å². The molecule has 0 saturated carbocycles. The van der Waals surface area contributed by atoms with E-state index >= 15 is 0 Å². The summed E-state index contributed by atoms with van der Waals surface area (Å²) in [6.45, 7) is 4.47. The third kappa shape index (κ3) is 4.22. The Morgan fingerprint density at radius 1 is 1.44 bits per heavy atom. The van der Waals surface area contributed by atoms with Gasteiger partial charge in [-0.3, -0.25) is 4.79 Å². The van der Waals surface area contributed by atoms with Crippen LogP contribution in [0, 0.1) is 0 Å². The van der Waals surface area contributed by atoms with Crippen molar-refractivity contribution in [1.82, 2.24) is 19.8 Å². The first kappa shape index (κ1) is 18.4. The molecule has 2 atom stereocenters. The average Bonchev–Trinajstić information content (AvgIpc) is 3.11. The normalized spacial score (nSPS) is 29.1. The van der Waals surface area contributed by atoms with Gasteiger partial charge in [0.15, 0.2) is 0 Å². The summed E-state index contributed by atoms with van der Waals surface area (Å²) in [5.41, 5.74) is -1.04. The molecular weight excluding hydrogens is 320 g/mol. The first-order valence-electron chi connectivity index (χ1n) is 9.21. The Kier molecular flexibility index (Phi) is 5.46. The number of likely N-dealkylation sites (tertiary alicyclic amines) is 1. The van der Waals surface area contributed by atoms with Crippen molar-refractivity contribution in [1.29, 1.82) is 0 Å². The molecule has 0 unspecified atom stereocenters. The van der Waals surface area contributed by atoms with Crippen LogP contribution in [0.2, 0.25) is 0 Å². The van der Waals surface area contributed by atoms with Crippen LogP contribution in [0.4, 0.5) is 0 Å². The SMILES string of the molecule is CN[C@H]1CC2(CCN(C(=O)CCCn3ccnc3)CC2)OC[C@]1(C)O. The minimum absolute atomic E-state index is 0.0266. The number of aryl methyl sites for hydroxylation is 1. The summed E-state index contributed by atoms with van der Waals surface area (Å²) < 4.78 is 8.07. The van der Waals surface area contributed by atoms with Gasteiger partial charge in [0.2, 0.25) is 5.91 Å². The monoisotopic (exact) mass is 350 g/mol. The van der Waals surface area contributed by atoms with Gasteiger partial charge in [0.1, 0.15) is 5.60 Å². The maximum atomic E-state index is 12.4. The number of carbonyl (C=O) groups is 1. The third-order valence-electron chi connectivity index (χ3n) is 5.74. The maximum absolute atomic E-state index is 12.4. The number of aromatic nitrogens is 2. The van der Waals surface area contributed by atoms with Crippen LogP contribution in [0.5, 0.6) is 0 Å². The number of piperidine rings is 1. The van der Waals surface area contributed by atoms with Crippen LogP contribution < -0.4 is 5.32 Å². The number of rotatable bonds is 5. The lowest BCUT2D eigenvalue weighted by Crippen LogP contribution is -2.62. The van der Waals surface area contributed by atoms with E-state index in [0.717, 1.165) is 45.3 Å². The molecule has 1 spiro atoms. The predicted octanol–water partition coefficient (Wildman–Crippen LogP) is 0.784. The fraction of sp³-hybridized carbons (Fsp3) is 0.778. The van der Waals surface area contributed by atoms with E-state index in [-0.39, 0.29) is 17.6 Å². The number of hydrogen-bond acceptors (Lipinski definition) is 5. The molecule has 3 heterocycles. The lowest BCUT2D eigenvalue weighted by atomic mass is 9.77. The molecule has 7 heteroatoms. The highest BCUT2D eigenvalue weighted by molar-refractivity contribution is 5.76. The summed E-state index contributed by atoms with van der Waals surface area (Å²) in [6, 6.07) is 0.0266. The molecule has 25 heavy (non-hydrogen) atoms. The molecule has 2 saturated heterocycles. The van der Waals surface area contributed by atoms with Gasteiger partial charge in [-0.2, -0.15) is 0 Å². The minimum Gasteiger partial charge on any atom is -0.386 e. The lowest BCUT2D eigenvalue weighted by Gasteiger charge is -2.50. The van der Waals surface area contributed by atoms with E-state index in [2.05, 4.69) is 10.3 Å². The highest BCUT2D eigenvalue weighted by atomic mass is 16.5. The number of aliphatic hydroxyl groups is 1. The van der Waals surface area contributed by atoms with E-state index < -0.39 is 5.60 Å². The van der Waals surface area contributed by atoms with Crippen molar-refractivity contribution in [3.8, 4) is 0 Å². The molecule has 0 aromatic carbocycles. The molecule has 0 bridgehead atoms. The Bertz CT molecular complexity index is 565. The number of nitrogens with one attached hydrogen (secondary N) is 1.